The summed E-state index contributed by atoms with van der Waals surface area (Å²) in [5, 5.41) is 18.2. The van der Waals surface area contributed by atoms with E-state index in [4.69, 9.17) is 9.26 Å². The summed E-state index contributed by atoms with van der Waals surface area (Å²) in [5.74, 6) is 1.60. The highest BCUT2D eigenvalue weighted by Crippen LogP contribution is 2.24. The van der Waals surface area contributed by atoms with Gasteiger partial charge < -0.3 is 14.6 Å². The topological polar surface area (TPSA) is 103 Å². The van der Waals surface area contributed by atoms with Gasteiger partial charge in [-0.15, -0.1) is 0 Å². The number of ether oxygens (including phenoxy) is 1. The second kappa shape index (κ2) is 7.64. The van der Waals surface area contributed by atoms with Gasteiger partial charge in [0, 0.05) is 22.9 Å². The number of aromatic nitrogens is 2. The van der Waals surface area contributed by atoms with Crippen LogP contribution in [0.25, 0.3) is 11.4 Å². The van der Waals surface area contributed by atoms with Crippen LogP contribution in [0.15, 0.2) is 47.0 Å². The number of methoxy groups -OCH3 is 1. The first kappa shape index (κ1) is 17.4. The molecule has 0 amide bonds. The van der Waals surface area contributed by atoms with E-state index in [1.807, 2.05) is 31.2 Å². The SMILES string of the molecule is CCc1ccc(NCc2nc(-c3ccc(OC)cc3)no2)cc1[N+](=O)[O-]. The van der Waals surface area contributed by atoms with E-state index in [2.05, 4.69) is 15.5 Å². The maximum Gasteiger partial charge on any atom is 0.274 e. The van der Waals surface area contributed by atoms with E-state index in [1.165, 1.54) is 6.07 Å². The van der Waals surface area contributed by atoms with E-state index in [9.17, 15) is 10.1 Å². The van der Waals surface area contributed by atoms with Crippen molar-refractivity contribution in [1.82, 2.24) is 10.1 Å². The van der Waals surface area contributed by atoms with Gasteiger partial charge in [0.1, 0.15) is 5.75 Å². The number of aryl methyl sites for hydroxylation is 1. The summed E-state index contributed by atoms with van der Waals surface area (Å²) in [5.41, 5.74) is 2.23. The monoisotopic (exact) mass is 354 g/mol. The van der Waals surface area contributed by atoms with E-state index < -0.39 is 0 Å². The number of rotatable bonds is 7. The Labute approximate surface area is 150 Å². The Balaban J connectivity index is 1.70. The van der Waals surface area contributed by atoms with E-state index in [1.54, 1.807) is 19.2 Å². The smallest absolute Gasteiger partial charge is 0.274 e. The summed E-state index contributed by atoms with van der Waals surface area (Å²) in [6.45, 7) is 2.15. The maximum atomic E-state index is 11.1. The fraction of sp³-hybridized carbons (Fsp3) is 0.222. The minimum atomic E-state index is -0.376. The van der Waals surface area contributed by atoms with Gasteiger partial charge in [-0.3, -0.25) is 10.1 Å². The third-order valence-electron chi connectivity index (χ3n) is 3.92. The Morgan fingerprint density at radius 3 is 2.65 bits per heavy atom. The second-order valence-electron chi connectivity index (χ2n) is 5.55. The molecular weight excluding hydrogens is 336 g/mol. The highest BCUT2D eigenvalue weighted by Gasteiger charge is 2.14. The number of hydrogen-bond acceptors (Lipinski definition) is 7. The first-order valence-corrected chi connectivity index (χ1v) is 8.09. The fourth-order valence-corrected chi connectivity index (χ4v) is 2.50. The van der Waals surface area contributed by atoms with Crippen LogP contribution in [0, 0.1) is 10.1 Å². The molecule has 0 spiro atoms. The Kier molecular flexibility index (Phi) is 5.12. The van der Waals surface area contributed by atoms with E-state index in [0.29, 0.717) is 29.4 Å². The lowest BCUT2D eigenvalue weighted by atomic mass is 10.1. The molecule has 1 heterocycles. The third-order valence-corrected chi connectivity index (χ3v) is 3.92. The Morgan fingerprint density at radius 2 is 2.00 bits per heavy atom. The molecule has 3 aromatic rings. The zero-order chi connectivity index (χ0) is 18.5. The largest absolute Gasteiger partial charge is 0.497 e. The number of hydrogen-bond donors (Lipinski definition) is 1. The van der Waals surface area contributed by atoms with Crippen molar-refractivity contribution < 1.29 is 14.2 Å². The number of benzene rings is 2. The Morgan fingerprint density at radius 1 is 1.23 bits per heavy atom. The zero-order valence-corrected chi connectivity index (χ0v) is 14.4. The molecule has 8 heteroatoms. The van der Waals surface area contributed by atoms with Crippen molar-refractivity contribution in [3.63, 3.8) is 0 Å². The number of nitro benzene ring substituents is 1. The third kappa shape index (κ3) is 3.80. The van der Waals surface area contributed by atoms with Gasteiger partial charge in [-0.2, -0.15) is 4.98 Å². The summed E-state index contributed by atoms with van der Waals surface area (Å²) < 4.78 is 10.3. The lowest BCUT2D eigenvalue weighted by molar-refractivity contribution is -0.385. The predicted molar refractivity (Wildman–Crippen MR) is 96.1 cm³/mol. The molecule has 2 aromatic carbocycles. The van der Waals surface area contributed by atoms with Crippen molar-refractivity contribution in [2.24, 2.45) is 0 Å². The molecule has 0 bridgehead atoms. The summed E-state index contributed by atoms with van der Waals surface area (Å²) in [4.78, 5) is 15.1. The second-order valence-corrected chi connectivity index (χ2v) is 5.55. The molecule has 1 N–H and O–H groups in total. The van der Waals surface area contributed by atoms with E-state index in [0.717, 1.165) is 11.3 Å². The fourth-order valence-electron chi connectivity index (χ4n) is 2.50. The minimum Gasteiger partial charge on any atom is -0.497 e. The predicted octanol–water partition coefficient (Wildman–Crippen LogP) is 3.83. The zero-order valence-electron chi connectivity index (χ0n) is 14.4. The van der Waals surface area contributed by atoms with Gasteiger partial charge >= 0.3 is 0 Å². The molecule has 0 saturated heterocycles. The molecule has 0 saturated carbocycles. The van der Waals surface area contributed by atoms with Crippen LogP contribution < -0.4 is 10.1 Å². The van der Waals surface area contributed by atoms with Crippen LogP contribution in [0.2, 0.25) is 0 Å². The van der Waals surface area contributed by atoms with Crippen molar-refractivity contribution in [3.8, 4) is 17.1 Å². The van der Waals surface area contributed by atoms with Crippen molar-refractivity contribution in [3.05, 3.63) is 64.0 Å². The summed E-state index contributed by atoms with van der Waals surface area (Å²) in [7, 11) is 1.60. The molecule has 0 aliphatic carbocycles. The summed E-state index contributed by atoms with van der Waals surface area (Å²) >= 11 is 0. The molecule has 134 valence electrons. The molecule has 0 aliphatic rings. The lowest BCUT2D eigenvalue weighted by Crippen LogP contribution is -2.02. The van der Waals surface area contributed by atoms with Crippen molar-refractivity contribution in [2.75, 3.05) is 12.4 Å². The number of nitrogens with zero attached hydrogens (tertiary/aromatic N) is 3. The van der Waals surface area contributed by atoms with E-state index in [-0.39, 0.29) is 17.2 Å². The van der Waals surface area contributed by atoms with Crippen molar-refractivity contribution in [2.45, 2.75) is 19.9 Å². The van der Waals surface area contributed by atoms with Crippen LogP contribution in [-0.4, -0.2) is 22.2 Å². The number of nitro groups is 1. The summed E-state index contributed by atoms with van der Waals surface area (Å²) in [6, 6.07) is 12.4. The summed E-state index contributed by atoms with van der Waals surface area (Å²) in [6.07, 6.45) is 0.603. The number of anilines is 1. The van der Waals surface area contributed by atoms with Crippen LogP contribution >= 0.6 is 0 Å². The minimum absolute atomic E-state index is 0.0990. The average Bonchev–Trinajstić information content (AvgIpc) is 3.15. The van der Waals surface area contributed by atoms with Gasteiger partial charge in [0.15, 0.2) is 0 Å². The van der Waals surface area contributed by atoms with Crippen LogP contribution in [0.3, 0.4) is 0 Å². The molecule has 0 aliphatic heterocycles. The standard InChI is InChI=1S/C18H18N4O4/c1-3-12-4-7-14(10-16(12)22(23)24)19-11-17-20-18(21-26-17)13-5-8-15(25-2)9-6-13/h4-10,19H,3,11H2,1-2H3. The number of nitrogens with one attached hydrogen (secondary N) is 1. The highest BCUT2D eigenvalue weighted by molar-refractivity contribution is 5.56. The highest BCUT2D eigenvalue weighted by atomic mass is 16.6. The van der Waals surface area contributed by atoms with Gasteiger partial charge in [-0.1, -0.05) is 18.1 Å². The van der Waals surface area contributed by atoms with Crippen LogP contribution in [-0.2, 0) is 13.0 Å². The van der Waals surface area contributed by atoms with Gasteiger partial charge in [0.05, 0.1) is 18.6 Å². The van der Waals surface area contributed by atoms with Gasteiger partial charge in [0.2, 0.25) is 11.7 Å². The van der Waals surface area contributed by atoms with Crippen molar-refractivity contribution in [1.29, 1.82) is 0 Å². The molecular formula is C18H18N4O4. The lowest BCUT2D eigenvalue weighted by Gasteiger charge is -2.05. The van der Waals surface area contributed by atoms with Crippen LogP contribution in [0.1, 0.15) is 18.4 Å². The van der Waals surface area contributed by atoms with Gasteiger partial charge in [-0.05, 0) is 36.8 Å². The van der Waals surface area contributed by atoms with E-state index >= 15 is 0 Å². The molecule has 0 radical (unpaired) electrons. The van der Waals surface area contributed by atoms with Gasteiger partial charge in [-0.25, -0.2) is 0 Å². The molecule has 26 heavy (non-hydrogen) atoms. The molecule has 0 atom stereocenters. The maximum absolute atomic E-state index is 11.1. The normalized spacial score (nSPS) is 10.5. The quantitative estimate of drug-likeness (QED) is 0.508. The van der Waals surface area contributed by atoms with Crippen LogP contribution in [0.4, 0.5) is 11.4 Å². The Bertz CT molecular complexity index is 906. The first-order chi connectivity index (χ1) is 12.6. The Hall–Kier alpha value is -3.42. The average molecular weight is 354 g/mol. The first-order valence-electron chi connectivity index (χ1n) is 8.09. The van der Waals surface area contributed by atoms with Crippen LogP contribution in [0.5, 0.6) is 5.75 Å². The molecule has 0 unspecified atom stereocenters. The molecule has 8 nitrogen and oxygen atoms in total. The molecule has 1 aromatic heterocycles. The van der Waals surface area contributed by atoms with Gasteiger partial charge in [0.25, 0.3) is 5.69 Å². The molecule has 0 fully saturated rings. The van der Waals surface area contributed by atoms with Crippen molar-refractivity contribution >= 4 is 11.4 Å². The molecule has 3 rings (SSSR count).